The predicted molar refractivity (Wildman–Crippen MR) is 77.0 cm³/mol. The van der Waals surface area contributed by atoms with E-state index in [9.17, 15) is 9.59 Å². The van der Waals surface area contributed by atoms with Crippen molar-refractivity contribution in [3.63, 3.8) is 0 Å². The molecule has 0 atom stereocenters. The average Bonchev–Trinajstić information content (AvgIpc) is 2.36. The molecule has 6 nitrogen and oxygen atoms in total. The number of nitrogens with zero attached hydrogens (tertiary/aromatic N) is 2. The lowest BCUT2D eigenvalue weighted by atomic mass is 9.58. The number of amides is 3. The van der Waals surface area contributed by atoms with E-state index in [1.54, 1.807) is 11.1 Å². The molecule has 2 N–H and O–H groups in total. The molecule has 0 bridgehead atoms. The lowest BCUT2D eigenvalue weighted by molar-refractivity contribution is -0.120. The van der Waals surface area contributed by atoms with Gasteiger partial charge in [-0.2, -0.15) is 0 Å². The third-order valence-electron chi connectivity index (χ3n) is 4.91. The number of carbonyl (C=O) groups excluding carboxylic acids is 2. The molecule has 2 aliphatic heterocycles. The number of rotatable bonds is 2. The molecule has 4 rings (SSSR count). The second-order valence-corrected chi connectivity index (χ2v) is 6.40. The summed E-state index contributed by atoms with van der Waals surface area (Å²) >= 11 is 0. The van der Waals surface area contributed by atoms with Gasteiger partial charge < -0.3 is 5.32 Å². The standard InChI is InChI=1S/C15H18N4O2/c20-13-3-4-19(14(21)18-13)11-1-2-12(17-7-11)10-5-15(6-10)8-16-9-15/h1-2,7,10,16H,3-6,8-9H2,(H,18,20,21). The van der Waals surface area contributed by atoms with Crippen LogP contribution in [-0.2, 0) is 4.79 Å². The molecule has 1 aromatic rings. The molecule has 3 fully saturated rings. The van der Waals surface area contributed by atoms with Crippen molar-refractivity contribution in [2.45, 2.75) is 25.2 Å². The van der Waals surface area contributed by atoms with E-state index >= 15 is 0 Å². The van der Waals surface area contributed by atoms with E-state index in [-0.39, 0.29) is 11.9 Å². The predicted octanol–water partition coefficient (Wildman–Crippen LogP) is 0.995. The Bertz CT molecular complexity index is 586. The lowest BCUT2D eigenvalue weighted by Gasteiger charge is -2.54. The van der Waals surface area contributed by atoms with Crippen molar-refractivity contribution in [3.05, 3.63) is 24.0 Å². The Kier molecular flexibility index (Phi) is 2.75. The zero-order chi connectivity index (χ0) is 14.4. The SMILES string of the molecule is O=C1CCN(c2ccc(C3CC4(CNC4)C3)nc2)C(=O)N1. The summed E-state index contributed by atoms with van der Waals surface area (Å²) in [5.41, 5.74) is 2.41. The van der Waals surface area contributed by atoms with Gasteiger partial charge in [-0.3, -0.25) is 20.0 Å². The number of carbonyl (C=O) groups is 2. The highest BCUT2D eigenvalue weighted by atomic mass is 16.2. The molecule has 21 heavy (non-hydrogen) atoms. The molecule has 1 saturated carbocycles. The van der Waals surface area contributed by atoms with E-state index in [0.29, 0.717) is 24.3 Å². The number of hydrogen-bond donors (Lipinski definition) is 2. The van der Waals surface area contributed by atoms with Crippen LogP contribution < -0.4 is 15.5 Å². The van der Waals surface area contributed by atoms with Crippen molar-refractivity contribution < 1.29 is 9.59 Å². The Morgan fingerprint density at radius 3 is 2.62 bits per heavy atom. The van der Waals surface area contributed by atoms with Gasteiger partial charge in [0.2, 0.25) is 5.91 Å². The molecule has 3 aliphatic rings. The Hall–Kier alpha value is -1.95. The molecular weight excluding hydrogens is 268 g/mol. The van der Waals surface area contributed by atoms with Crippen LogP contribution in [0, 0.1) is 5.41 Å². The van der Waals surface area contributed by atoms with Crippen LogP contribution in [0.15, 0.2) is 18.3 Å². The van der Waals surface area contributed by atoms with Crippen molar-refractivity contribution in [1.29, 1.82) is 0 Å². The maximum Gasteiger partial charge on any atom is 0.328 e. The van der Waals surface area contributed by atoms with Crippen LogP contribution in [0.2, 0.25) is 0 Å². The summed E-state index contributed by atoms with van der Waals surface area (Å²) in [4.78, 5) is 29.0. The van der Waals surface area contributed by atoms with Gasteiger partial charge in [0.25, 0.3) is 0 Å². The number of nitrogens with one attached hydrogen (secondary N) is 2. The van der Waals surface area contributed by atoms with E-state index in [0.717, 1.165) is 24.5 Å². The molecule has 3 heterocycles. The number of pyridine rings is 1. The van der Waals surface area contributed by atoms with E-state index < -0.39 is 0 Å². The number of aromatic nitrogens is 1. The van der Waals surface area contributed by atoms with Gasteiger partial charge in [0.1, 0.15) is 0 Å². The molecular formula is C15H18N4O2. The average molecular weight is 286 g/mol. The summed E-state index contributed by atoms with van der Waals surface area (Å²) in [5, 5.41) is 5.66. The van der Waals surface area contributed by atoms with Crippen molar-refractivity contribution >= 4 is 17.6 Å². The van der Waals surface area contributed by atoms with Gasteiger partial charge in [0, 0.05) is 37.7 Å². The molecule has 110 valence electrons. The second kappa shape index (κ2) is 4.53. The number of anilines is 1. The van der Waals surface area contributed by atoms with Crippen LogP contribution in [-0.4, -0.2) is 36.6 Å². The van der Waals surface area contributed by atoms with E-state index in [2.05, 4.69) is 15.6 Å². The minimum atomic E-state index is -0.357. The highest BCUT2D eigenvalue weighted by Gasteiger charge is 2.49. The van der Waals surface area contributed by atoms with E-state index in [4.69, 9.17) is 0 Å². The van der Waals surface area contributed by atoms with E-state index in [1.807, 2.05) is 12.1 Å². The van der Waals surface area contributed by atoms with Crippen LogP contribution in [0.25, 0.3) is 0 Å². The topological polar surface area (TPSA) is 74.3 Å². The Labute approximate surface area is 122 Å². The van der Waals surface area contributed by atoms with Crippen LogP contribution in [0.3, 0.4) is 0 Å². The molecule has 1 aromatic heterocycles. The first-order valence-corrected chi connectivity index (χ1v) is 7.43. The molecule has 2 saturated heterocycles. The monoisotopic (exact) mass is 286 g/mol. The third kappa shape index (κ3) is 2.10. The smallest absolute Gasteiger partial charge is 0.316 e. The largest absolute Gasteiger partial charge is 0.328 e. The minimum absolute atomic E-state index is 0.213. The number of urea groups is 1. The van der Waals surface area contributed by atoms with Crippen molar-refractivity contribution in [2.24, 2.45) is 5.41 Å². The van der Waals surface area contributed by atoms with Crippen molar-refractivity contribution in [3.8, 4) is 0 Å². The normalized spacial score (nSPS) is 24.5. The van der Waals surface area contributed by atoms with Crippen LogP contribution >= 0.6 is 0 Å². The summed E-state index contributed by atoms with van der Waals surface area (Å²) in [6.07, 6.45) is 4.51. The Morgan fingerprint density at radius 1 is 1.24 bits per heavy atom. The van der Waals surface area contributed by atoms with Gasteiger partial charge in [-0.15, -0.1) is 0 Å². The van der Waals surface area contributed by atoms with Gasteiger partial charge in [0.15, 0.2) is 0 Å². The van der Waals surface area contributed by atoms with Crippen LogP contribution in [0.4, 0.5) is 10.5 Å². The molecule has 6 heteroatoms. The third-order valence-corrected chi connectivity index (χ3v) is 4.91. The molecule has 0 aromatic carbocycles. The quantitative estimate of drug-likeness (QED) is 0.850. The van der Waals surface area contributed by atoms with Gasteiger partial charge >= 0.3 is 6.03 Å². The second-order valence-electron chi connectivity index (χ2n) is 6.40. The van der Waals surface area contributed by atoms with E-state index in [1.165, 1.54) is 12.8 Å². The highest BCUT2D eigenvalue weighted by Crippen LogP contribution is 2.52. The summed E-state index contributed by atoms with van der Waals surface area (Å²) < 4.78 is 0. The molecule has 1 spiro atoms. The number of imide groups is 1. The van der Waals surface area contributed by atoms with Crippen molar-refractivity contribution in [1.82, 2.24) is 15.6 Å². The van der Waals surface area contributed by atoms with Gasteiger partial charge in [-0.1, -0.05) is 0 Å². The molecule has 3 amide bonds. The minimum Gasteiger partial charge on any atom is -0.316 e. The maximum atomic E-state index is 11.8. The Morgan fingerprint density at radius 2 is 2.05 bits per heavy atom. The summed E-state index contributed by atoms with van der Waals surface area (Å²) in [5.74, 6) is 0.340. The first-order valence-electron chi connectivity index (χ1n) is 7.43. The fourth-order valence-corrected chi connectivity index (χ4v) is 3.57. The number of hydrogen-bond acceptors (Lipinski definition) is 4. The Balaban J connectivity index is 1.44. The maximum absolute atomic E-state index is 11.8. The van der Waals surface area contributed by atoms with Crippen LogP contribution in [0.1, 0.15) is 30.9 Å². The van der Waals surface area contributed by atoms with Gasteiger partial charge in [-0.05, 0) is 30.4 Å². The van der Waals surface area contributed by atoms with Crippen LogP contribution in [0.5, 0.6) is 0 Å². The summed E-state index contributed by atoms with van der Waals surface area (Å²) in [6, 6.07) is 3.59. The molecule has 1 aliphatic carbocycles. The van der Waals surface area contributed by atoms with Crippen molar-refractivity contribution in [2.75, 3.05) is 24.5 Å². The first-order chi connectivity index (χ1) is 10.2. The summed E-state index contributed by atoms with van der Waals surface area (Å²) in [6.45, 7) is 2.71. The summed E-state index contributed by atoms with van der Waals surface area (Å²) in [7, 11) is 0. The highest BCUT2D eigenvalue weighted by molar-refractivity contribution is 6.05. The van der Waals surface area contributed by atoms with Gasteiger partial charge in [-0.25, -0.2) is 4.79 Å². The van der Waals surface area contributed by atoms with Gasteiger partial charge in [0.05, 0.1) is 11.9 Å². The molecule has 0 radical (unpaired) electrons. The zero-order valence-corrected chi connectivity index (χ0v) is 11.8. The fourth-order valence-electron chi connectivity index (χ4n) is 3.57. The zero-order valence-electron chi connectivity index (χ0n) is 11.8. The molecule has 0 unspecified atom stereocenters. The first kappa shape index (κ1) is 12.8. The fraction of sp³-hybridized carbons (Fsp3) is 0.533. The lowest BCUT2D eigenvalue weighted by Crippen LogP contribution is -2.59.